The van der Waals surface area contributed by atoms with E-state index in [0.717, 1.165) is 0 Å². The molecule has 1 N–H and O–H groups in total. The van der Waals surface area contributed by atoms with E-state index in [-0.39, 0.29) is 51.4 Å². The van der Waals surface area contributed by atoms with Crippen molar-refractivity contribution in [3.8, 4) is 0 Å². The Morgan fingerprint density at radius 2 is 1.50 bits per heavy atom. The van der Waals surface area contributed by atoms with Gasteiger partial charge in [0.05, 0.1) is 10.0 Å². The maximum absolute atomic E-state index is 10.00. The molecule has 0 saturated carbocycles. The van der Waals surface area contributed by atoms with Crippen LogP contribution < -0.4 is 51.4 Å². The Hall–Kier alpha value is 1.55. The molecule has 0 atom stereocenters. The zero-order valence-electron chi connectivity index (χ0n) is 5.30. The molecule has 0 aliphatic carbocycles. The first-order valence-electron chi connectivity index (χ1n) is 1.93. The van der Waals surface area contributed by atoms with Crippen LogP contribution in [0.5, 0.6) is 0 Å². The van der Waals surface area contributed by atoms with Gasteiger partial charge < -0.3 is 5.14 Å². The fourth-order valence-corrected chi connectivity index (χ4v) is 0. The summed E-state index contributed by atoms with van der Waals surface area (Å²) < 4.78 is 20.0. The van der Waals surface area contributed by atoms with E-state index in [0.29, 0.717) is 0 Å². The summed E-state index contributed by atoms with van der Waals surface area (Å²) in [7, 11) is -3.49. The monoisotopic (exact) mass is 161 g/mol. The number of nitrogens with one attached hydrogen (secondary N) is 1. The van der Waals surface area contributed by atoms with Gasteiger partial charge in [0.25, 0.3) is 0 Å². The van der Waals surface area contributed by atoms with E-state index < -0.39 is 15.3 Å². The Morgan fingerprint density at radius 3 is 1.50 bits per heavy atom. The molecule has 0 unspecified atom stereocenters. The van der Waals surface area contributed by atoms with Crippen LogP contribution in [-0.4, -0.2) is 13.7 Å². The smallest absolute Gasteiger partial charge is 0.564 e. The number of sulfonamides is 1. The topological polar surface area (TPSA) is 57.9 Å². The molecule has 8 heavy (non-hydrogen) atoms. The molecule has 0 radical (unpaired) electrons. The predicted octanol–water partition coefficient (Wildman–Crippen LogP) is -2.22. The molecule has 44 valence electrons. The van der Waals surface area contributed by atoms with Gasteiger partial charge in [-0.05, 0) is 0 Å². The normalized spacial score (nSPS) is 11.0. The average molecular weight is 161 g/mol. The van der Waals surface area contributed by atoms with Gasteiger partial charge >= 0.3 is 51.4 Å². The van der Waals surface area contributed by atoms with Crippen LogP contribution in [0.4, 0.5) is 0 Å². The fraction of sp³-hybridized carbons (Fsp3) is 1.00. The summed E-state index contributed by atoms with van der Waals surface area (Å²) in [5, 5.41) is 5.80. The Labute approximate surface area is 92.5 Å². The molecule has 0 spiro atoms. The summed E-state index contributed by atoms with van der Waals surface area (Å²) >= 11 is 0. The van der Waals surface area contributed by atoms with Crippen LogP contribution in [0, 0.1) is 0 Å². The minimum atomic E-state index is -3.49. The molecule has 0 fully saturated rings. The molecule has 0 aliphatic heterocycles. The van der Waals surface area contributed by atoms with Crippen LogP contribution >= 0.6 is 0 Å². The van der Waals surface area contributed by atoms with Crippen LogP contribution in [0.15, 0.2) is 0 Å². The summed E-state index contributed by atoms with van der Waals surface area (Å²) in [6.45, 7) is 2.95. The Morgan fingerprint density at radius 1 is 1.38 bits per heavy atom. The maximum Gasteiger partial charge on any atom is 1.00 e. The number of rotatable bonds is 1. The second kappa shape index (κ2) is 4.38. The van der Waals surface area contributed by atoms with Crippen molar-refractivity contribution >= 4 is 10.0 Å². The minimum absolute atomic E-state index is 0. The van der Waals surface area contributed by atoms with Gasteiger partial charge in [-0.2, -0.15) is 0 Å². The molecule has 0 saturated heterocycles. The van der Waals surface area contributed by atoms with Gasteiger partial charge in [-0.1, -0.05) is 13.8 Å². The Bertz CT molecular complexity index is 139. The minimum Gasteiger partial charge on any atom is -0.564 e. The summed E-state index contributed by atoms with van der Waals surface area (Å²) in [6.07, 6.45) is 0. The van der Waals surface area contributed by atoms with Crippen molar-refractivity contribution in [3.05, 3.63) is 5.14 Å². The second-order valence-corrected chi connectivity index (χ2v) is 3.63. The van der Waals surface area contributed by atoms with Crippen molar-refractivity contribution in [2.75, 3.05) is 0 Å². The molecular formula is C3H8KNO2S. The molecule has 0 heterocycles. The van der Waals surface area contributed by atoms with Gasteiger partial charge in [0.1, 0.15) is 0 Å². The fourth-order valence-electron chi connectivity index (χ4n) is 0. The largest absolute Gasteiger partial charge is 1.00 e. The van der Waals surface area contributed by atoms with Crippen LogP contribution in [0.1, 0.15) is 13.8 Å². The summed E-state index contributed by atoms with van der Waals surface area (Å²) in [4.78, 5) is 0. The van der Waals surface area contributed by atoms with E-state index in [4.69, 9.17) is 5.14 Å². The van der Waals surface area contributed by atoms with Crippen LogP contribution in [0.3, 0.4) is 0 Å². The summed E-state index contributed by atoms with van der Waals surface area (Å²) in [5.74, 6) is 0. The zero-order valence-corrected chi connectivity index (χ0v) is 9.24. The Balaban J connectivity index is 0. The number of hydrogen-bond acceptors (Lipinski definition) is 2. The Kier molecular flexibility index (Phi) is 6.70. The first-order chi connectivity index (χ1) is 2.94. The summed E-state index contributed by atoms with van der Waals surface area (Å²) in [5.41, 5.74) is 0. The molecule has 3 nitrogen and oxygen atoms in total. The van der Waals surface area contributed by atoms with Gasteiger partial charge in [0.2, 0.25) is 0 Å². The molecular weight excluding hydrogens is 153 g/mol. The van der Waals surface area contributed by atoms with E-state index in [1.165, 1.54) is 13.8 Å². The third-order valence-corrected chi connectivity index (χ3v) is 1.86. The van der Waals surface area contributed by atoms with Crippen molar-refractivity contribution < 1.29 is 59.8 Å². The van der Waals surface area contributed by atoms with Crippen molar-refractivity contribution in [1.82, 2.24) is 0 Å². The second-order valence-electron chi connectivity index (χ2n) is 1.59. The van der Waals surface area contributed by atoms with E-state index in [2.05, 4.69) is 0 Å². The molecule has 0 bridgehead atoms. The van der Waals surface area contributed by atoms with Gasteiger partial charge in [0.15, 0.2) is 0 Å². The van der Waals surface area contributed by atoms with Gasteiger partial charge in [-0.3, -0.25) is 0 Å². The molecule has 0 aromatic rings. The van der Waals surface area contributed by atoms with Crippen molar-refractivity contribution in [3.63, 3.8) is 0 Å². The van der Waals surface area contributed by atoms with Crippen LogP contribution in [0.25, 0.3) is 5.14 Å². The van der Waals surface area contributed by atoms with E-state index >= 15 is 0 Å². The zero-order chi connectivity index (χ0) is 6.08. The van der Waals surface area contributed by atoms with E-state index in [1.54, 1.807) is 0 Å². The van der Waals surface area contributed by atoms with Crippen LogP contribution in [0.2, 0.25) is 0 Å². The van der Waals surface area contributed by atoms with Crippen LogP contribution in [-0.2, 0) is 10.0 Å². The maximum atomic E-state index is 10.00. The standard InChI is InChI=1S/C3H8NO2S.K/c1-3(2)7(4,5)6;/h3H,1-2H3,(H-,4,5,6);/q-1;+1. The summed E-state index contributed by atoms with van der Waals surface area (Å²) in [6, 6.07) is 0. The van der Waals surface area contributed by atoms with E-state index in [9.17, 15) is 8.42 Å². The number of hydrogen-bond donors (Lipinski definition) is 0. The van der Waals surface area contributed by atoms with Gasteiger partial charge in [0, 0.05) is 5.25 Å². The van der Waals surface area contributed by atoms with Crippen molar-refractivity contribution in [2.24, 2.45) is 0 Å². The quantitative estimate of drug-likeness (QED) is 0.409. The van der Waals surface area contributed by atoms with Gasteiger partial charge in [-0.25, -0.2) is 8.42 Å². The third kappa shape index (κ3) is 5.68. The first kappa shape index (κ1) is 12.2. The molecule has 0 aromatic carbocycles. The molecule has 0 aromatic heterocycles. The third-order valence-electron chi connectivity index (χ3n) is 0.621. The SMILES string of the molecule is CC(C)S([NH-])(=O)=O.[K+]. The molecule has 0 amide bonds. The first-order valence-corrected chi connectivity index (χ1v) is 3.47. The molecule has 0 aliphatic rings. The van der Waals surface area contributed by atoms with Gasteiger partial charge in [-0.15, -0.1) is 0 Å². The predicted molar refractivity (Wildman–Crippen MR) is 28.4 cm³/mol. The van der Waals surface area contributed by atoms with Crippen molar-refractivity contribution in [2.45, 2.75) is 19.1 Å². The average Bonchev–Trinajstić information content (AvgIpc) is 1.31. The molecule has 0 rings (SSSR count). The van der Waals surface area contributed by atoms with Crippen molar-refractivity contribution in [1.29, 1.82) is 0 Å². The molecule has 5 heteroatoms. The van der Waals surface area contributed by atoms with E-state index in [1.807, 2.05) is 0 Å².